The third-order valence-electron chi connectivity index (χ3n) is 2.59. The molecule has 0 bridgehead atoms. The Morgan fingerprint density at radius 3 is 2.81 bits per heavy atom. The quantitative estimate of drug-likeness (QED) is 0.579. The highest BCUT2D eigenvalue weighted by atomic mass is 19.1. The van der Waals surface area contributed by atoms with E-state index in [9.17, 15) is 9.18 Å². The van der Waals surface area contributed by atoms with Crippen molar-refractivity contribution >= 4 is 11.6 Å². The fraction of sp³-hybridized carbons (Fsp3) is 0.250. The molecule has 2 N–H and O–H groups in total. The van der Waals surface area contributed by atoms with Crippen LogP contribution in [0.25, 0.3) is 0 Å². The highest BCUT2D eigenvalue weighted by Crippen LogP contribution is 2.15. The van der Waals surface area contributed by atoms with Crippen LogP contribution in [-0.4, -0.2) is 23.9 Å². The van der Waals surface area contributed by atoms with Crippen LogP contribution in [0.15, 0.2) is 30.4 Å². The SMILES string of the molecule is Nc1cc(C(=O)N2CC=CCC2)ccc1F. The van der Waals surface area contributed by atoms with E-state index in [1.807, 2.05) is 12.2 Å². The summed E-state index contributed by atoms with van der Waals surface area (Å²) in [6.45, 7) is 1.31. The van der Waals surface area contributed by atoms with Gasteiger partial charge in [-0.2, -0.15) is 0 Å². The molecule has 0 aromatic heterocycles. The van der Waals surface area contributed by atoms with Crippen molar-refractivity contribution in [2.24, 2.45) is 0 Å². The second kappa shape index (κ2) is 4.35. The number of halogens is 1. The highest BCUT2D eigenvalue weighted by Gasteiger charge is 2.16. The number of benzene rings is 1. The molecule has 4 heteroatoms. The first-order valence-corrected chi connectivity index (χ1v) is 5.18. The molecule has 84 valence electrons. The Kier molecular flexibility index (Phi) is 2.90. The number of hydrogen-bond donors (Lipinski definition) is 1. The first-order chi connectivity index (χ1) is 7.68. The third kappa shape index (κ3) is 2.05. The van der Waals surface area contributed by atoms with E-state index in [0.29, 0.717) is 18.7 Å². The van der Waals surface area contributed by atoms with Gasteiger partial charge in [0.05, 0.1) is 5.69 Å². The molecule has 0 atom stereocenters. The van der Waals surface area contributed by atoms with Gasteiger partial charge in [0.15, 0.2) is 0 Å². The summed E-state index contributed by atoms with van der Waals surface area (Å²) >= 11 is 0. The average Bonchev–Trinajstić information content (AvgIpc) is 2.33. The van der Waals surface area contributed by atoms with E-state index in [1.165, 1.54) is 18.2 Å². The maximum Gasteiger partial charge on any atom is 0.254 e. The Balaban J connectivity index is 2.20. The van der Waals surface area contributed by atoms with Gasteiger partial charge in [-0.3, -0.25) is 4.79 Å². The molecule has 16 heavy (non-hydrogen) atoms. The maximum absolute atomic E-state index is 12.9. The first-order valence-electron chi connectivity index (χ1n) is 5.18. The summed E-state index contributed by atoms with van der Waals surface area (Å²) < 4.78 is 12.9. The van der Waals surface area contributed by atoms with Crippen LogP contribution in [0.4, 0.5) is 10.1 Å². The van der Waals surface area contributed by atoms with E-state index in [0.717, 1.165) is 6.42 Å². The standard InChI is InChI=1S/C12H13FN2O/c13-10-5-4-9(8-11(10)14)12(16)15-6-2-1-3-7-15/h1-2,4-5,8H,3,6-7,14H2. The van der Waals surface area contributed by atoms with Crippen molar-refractivity contribution in [3.05, 3.63) is 41.7 Å². The second-order valence-electron chi connectivity index (χ2n) is 3.75. The van der Waals surface area contributed by atoms with Crippen molar-refractivity contribution in [2.45, 2.75) is 6.42 Å². The molecule has 3 nitrogen and oxygen atoms in total. The van der Waals surface area contributed by atoms with Gasteiger partial charge >= 0.3 is 0 Å². The lowest BCUT2D eigenvalue weighted by molar-refractivity contribution is 0.0771. The maximum atomic E-state index is 12.9. The van der Waals surface area contributed by atoms with E-state index >= 15 is 0 Å². The molecule has 1 aromatic carbocycles. The molecule has 1 aromatic rings. The summed E-state index contributed by atoms with van der Waals surface area (Å²) in [5.41, 5.74) is 5.88. The Morgan fingerprint density at radius 1 is 1.38 bits per heavy atom. The zero-order valence-electron chi connectivity index (χ0n) is 8.82. The van der Waals surface area contributed by atoms with Gasteiger partial charge in [-0.15, -0.1) is 0 Å². The van der Waals surface area contributed by atoms with Crippen LogP contribution in [0.3, 0.4) is 0 Å². The number of rotatable bonds is 1. The molecule has 2 rings (SSSR count). The largest absolute Gasteiger partial charge is 0.396 e. The number of hydrogen-bond acceptors (Lipinski definition) is 2. The lowest BCUT2D eigenvalue weighted by Crippen LogP contribution is -2.33. The molecular formula is C12H13FN2O. The fourth-order valence-electron chi connectivity index (χ4n) is 1.69. The van der Waals surface area contributed by atoms with Gasteiger partial charge in [0.1, 0.15) is 5.82 Å². The highest BCUT2D eigenvalue weighted by molar-refractivity contribution is 5.95. The zero-order chi connectivity index (χ0) is 11.5. The second-order valence-corrected chi connectivity index (χ2v) is 3.75. The third-order valence-corrected chi connectivity index (χ3v) is 2.59. The molecule has 1 aliphatic rings. The molecular weight excluding hydrogens is 207 g/mol. The van der Waals surface area contributed by atoms with Crippen molar-refractivity contribution in [3.63, 3.8) is 0 Å². The molecule has 0 saturated heterocycles. The van der Waals surface area contributed by atoms with Crippen LogP contribution in [-0.2, 0) is 0 Å². The van der Waals surface area contributed by atoms with E-state index in [2.05, 4.69) is 0 Å². The van der Waals surface area contributed by atoms with Gasteiger partial charge < -0.3 is 10.6 Å². The van der Waals surface area contributed by atoms with Crippen LogP contribution in [0.5, 0.6) is 0 Å². The van der Waals surface area contributed by atoms with Crippen molar-refractivity contribution in [1.29, 1.82) is 0 Å². The Morgan fingerprint density at radius 2 is 2.19 bits per heavy atom. The number of carbonyl (C=O) groups excluding carboxylic acids is 1. The smallest absolute Gasteiger partial charge is 0.254 e. The number of carbonyl (C=O) groups is 1. The molecule has 1 aliphatic heterocycles. The Bertz CT molecular complexity index is 443. The fourth-order valence-corrected chi connectivity index (χ4v) is 1.69. The van der Waals surface area contributed by atoms with Crippen molar-refractivity contribution in [3.8, 4) is 0 Å². The number of nitrogens with two attached hydrogens (primary N) is 1. The molecule has 0 radical (unpaired) electrons. The molecule has 0 aliphatic carbocycles. The Hall–Kier alpha value is -1.84. The summed E-state index contributed by atoms with van der Waals surface area (Å²) in [5.74, 6) is -0.592. The summed E-state index contributed by atoms with van der Waals surface area (Å²) in [4.78, 5) is 13.7. The van der Waals surface area contributed by atoms with Gasteiger partial charge in [-0.05, 0) is 24.6 Å². The number of anilines is 1. The molecule has 1 amide bonds. The summed E-state index contributed by atoms with van der Waals surface area (Å²) in [7, 11) is 0. The van der Waals surface area contributed by atoms with Gasteiger partial charge in [0.25, 0.3) is 5.91 Å². The van der Waals surface area contributed by atoms with Crippen molar-refractivity contribution < 1.29 is 9.18 Å². The molecule has 1 heterocycles. The first kappa shape index (κ1) is 10.7. The van der Waals surface area contributed by atoms with Gasteiger partial charge in [-0.1, -0.05) is 12.2 Å². The van der Waals surface area contributed by atoms with E-state index < -0.39 is 5.82 Å². The monoisotopic (exact) mass is 220 g/mol. The zero-order valence-corrected chi connectivity index (χ0v) is 8.82. The molecule has 0 spiro atoms. The molecule has 0 unspecified atom stereocenters. The van der Waals surface area contributed by atoms with Crippen LogP contribution < -0.4 is 5.73 Å². The number of nitrogens with zero attached hydrogens (tertiary/aromatic N) is 1. The predicted molar refractivity (Wildman–Crippen MR) is 60.5 cm³/mol. The van der Waals surface area contributed by atoms with Crippen molar-refractivity contribution in [2.75, 3.05) is 18.8 Å². The predicted octanol–water partition coefficient (Wildman–Crippen LogP) is 1.81. The van der Waals surface area contributed by atoms with Crippen LogP contribution >= 0.6 is 0 Å². The minimum absolute atomic E-state index is 0.0124. The molecule has 0 saturated carbocycles. The van der Waals surface area contributed by atoms with Gasteiger partial charge in [0.2, 0.25) is 0 Å². The van der Waals surface area contributed by atoms with Crippen molar-refractivity contribution in [1.82, 2.24) is 4.90 Å². The lowest BCUT2D eigenvalue weighted by Gasteiger charge is -2.23. The summed E-state index contributed by atoms with van der Waals surface area (Å²) in [6.07, 6.45) is 4.86. The average molecular weight is 220 g/mol. The number of amides is 1. The van der Waals surface area contributed by atoms with Gasteiger partial charge in [-0.25, -0.2) is 4.39 Å². The topological polar surface area (TPSA) is 46.3 Å². The van der Waals surface area contributed by atoms with Crippen LogP contribution in [0, 0.1) is 5.82 Å². The Labute approximate surface area is 93.4 Å². The lowest BCUT2D eigenvalue weighted by atomic mass is 10.1. The summed E-state index contributed by atoms with van der Waals surface area (Å²) in [5, 5.41) is 0. The van der Waals surface area contributed by atoms with E-state index in [1.54, 1.807) is 4.90 Å². The van der Waals surface area contributed by atoms with Crippen LogP contribution in [0.2, 0.25) is 0 Å². The van der Waals surface area contributed by atoms with Gasteiger partial charge in [0, 0.05) is 18.7 Å². The normalized spacial score (nSPS) is 15.2. The molecule has 0 fully saturated rings. The minimum atomic E-state index is -0.491. The number of nitrogen functional groups attached to an aromatic ring is 1. The van der Waals surface area contributed by atoms with E-state index in [-0.39, 0.29) is 11.6 Å². The minimum Gasteiger partial charge on any atom is -0.396 e. The van der Waals surface area contributed by atoms with E-state index in [4.69, 9.17) is 5.73 Å². The van der Waals surface area contributed by atoms with Crippen LogP contribution in [0.1, 0.15) is 16.8 Å². The summed E-state index contributed by atoms with van der Waals surface area (Å²) in [6, 6.07) is 4.07.